The van der Waals surface area contributed by atoms with Crippen LogP contribution in [0.3, 0.4) is 0 Å². The van der Waals surface area contributed by atoms with Crippen LogP contribution in [0.1, 0.15) is 63.0 Å². The van der Waals surface area contributed by atoms with E-state index in [1.54, 1.807) is 0 Å². The topological polar surface area (TPSA) is 12.0 Å². The number of nitrogens with one attached hydrogen (secondary N) is 1. The van der Waals surface area contributed by atoms with Gasteiger partial charge in [-0.15, -0.1) is 0 Å². The molecule has 2 rings (SSSR count). The van der Waals surface area contributed by atoms with Crippen LogP contribution in [0.15, 0.2) is 24.3 Å². The summed E-state index contributed by atoms with van der Waals surface area (Å²) in [6.45, 7) is 5.57. The molecule has 20 heavy (non-hydrogen) atoms. The van der Waals surface area contributed by atoms with Crippen LogP contribution >= 0.6 is 0 Å². The van der Waals surface area contributed by atoms with Crippen molar-refractivity contribution in [3.63, 3.8) is 0 Å². The third kappa shape index (κ3) is 4.94. The Morgan fingerprint density at radius 1 is 1.15 bits per heavy atom. The van der Waals surface area contributed by atoms with Crippen LogP contribution in [-0.2, 0) is 6.42 Å². The fourth-order valence-electron chi connectivity index (χ4n) is 3.64. The molecule has 1 aliphatic rings. The van der Waals surface area contributed by atoms with E-state index in [1.165, 1.54) is 62.5 Å². The van der Waals surface area contributed by atoms with E-state index in [0.29, 0.717) is 6.04 Å². The first-order valence-corrected chi connectivity index (χ1v) is 8.57. The fourth-order valence-corrected chi connectivity index (χ4v) is 3.64. The predicted octanol–water partition coefficient (Wildman–Crippen LogP) is 4.88. The Labute approximate surface area is 125 Å². The van der Waals surface area contributed by atoms with E-state index in [4.69, 9.17) is 0 Å². The number of rotatable bonds is 7. The monoisotopic (exact) mass is 273 g/mol. The molecule has 1 saturated carbocycles. The molecule has 1 aliphatic carbocycles. The van der Waals surface area contributed by atoms with Gasteiger partial charge in [-0.1, -0.05) is 63.3 Å². The lowest BCUT2D eigenvalue weighted by Crippen LogP contribution is -2.32. The number of aryl methyl sites for hydroxylation is 2. The Bertz CT molecular complexity index is 379. The summed E-state index contributed by atoms with van der Waals surface area (Å²) in [6, 6.07) is 9.55. The first-order valence-electron chi connectivity index (χ1n) is 8.57. The standard InChI is InChI=1S/C19H31N/c1-3-20-19(15-17-10-5-4-6-11-17)14-13-18-12-8-7-9-16(18)2/h7-9,12,17,19-20H,3-6,10-11,13-15H2,1-2H3. The molecule has 0 aliphatic heterocycles. The molecule has 0 bridgehead atoms. The molecule has 1 nitrogen and oxygen atoms in total. The summed E-state index contributed by atoms with van der Waals surface area (Å²) in [5.41, 5.74) is 2.97. The summed E-state index contributed by atoms with van der Waals surface area (Å²) in [7, 11) is 0. The van der Waals surface area contributed by atoms with Gasteiger partial charge in [0.2, 0.25) is 0 Å². The molecular formula is C19H31N. The van der Waals surface area contributed by atoms with Crippen molar-refractivity contribution in [1.82, 2.24) is 5.32 Å². The molecule has 0 radical (unpaired) electrons. The van der Waals surface area contributed by atoms with Crippen molar-refractivity contribution in [1.29, 1.82) is 0 Å². The van der Waals surface area contributed by atoms with E-state index >= 15 is 0 Å². The quantitative estimate of drug-likeness (QED) is 0.747. The maximum atomic E-state index is 3.72. The van der Waals surface area contributed by atoms with Gasteiger partial charge in [0.1, 0.15) is 0 Å². The van der Waals surface area contributed by atoms with E-state index < -0.39 is 0 Å². The van der Waals surface area contributed by atoms with Crippen molar-refractivity contribution in [3.05, 3.63) is 35.4 Å². The average molecular weight is 273 g/mol. The Morgan fingerprint density at radius 2 is 1.90 bits per heavy atom. The molecule has 0 saturated heterocycles. The third-order valence-corrected chi connectivity index (χ3v) is 4.86. The van der Waals surface area contributed by atoms with Gasteiger partial charge in [-0.25, -0.2) is 0 Å². The molecule has 0 aromatic heterocycles. The van der Waals surface area contributed by atoms with Crippen molar-refractivity contribution in [3.8, 4) is 0 Å². The molecule has 0 heterocycles. The minimum atomic E-state index is 0.711. The smallest absolute Gasteiger partial charge is 0.00727 e. The van der Waals surface area contributed by atoms with Gasteiger partial charge in [0.25, 0.3) is 0 Å². The highest BCUT2D eigenvalue weighted by atomic mass is 14.9. The lowest BCUT2D eigenvalue weighted by atomic mass is 9.83. The Balaban J connectivity index is 1.83. The third-order valence-electron chi connectivity index (χ3n) is 4.86. The highest BCUT2D eigenvalue weighted by Gasteiger charge is 2.18. The lowest BCUT2D eigenvalue weighted by molar-refractivity contribution is 0.292. The molecule has 1 aromatic carbocycles. The maximum absolute atomic E-state index is 3.72. The zero-order chi connectivity index (χ0) is 14.2. The summed E-state index contributed by atoms with van der Waals surface area (Å²) >= 11 is 0. The second-order valence-electron chi connectivity index (χ2n) is 6.46. The molecule has 112 valence electrons. The fraction of sp³-hybridized carbons (Fsp3) is 0.684. The lowest BCUT2D eigenvalue weighted by Gasteiger charge is -2.27. The van der Waals surface area contributed by atoms with Gasteiger partial charge in [-0.3, -0.25) is 0 Å². The van der Waals surface area contributed by atoms with Crippen LogP contribution in [-0.4, -0.2) is 12.6 Å². The van der Waals surface area contributed by atoms with Crippen molar-refractivity contribution in [2.24, 2.45) is 5.92 Å². The summed E-state index contributed by atoms with van der Waals surface area (Å²) in [6.07, 6.45) is 11.2. The molecule has 1 N–H and O–H groups in total. The van der Waals surface area contributed by atoms with Crippen LogP contribution < -0.4 is 5.32 Å². The van der Waals surface area contributed by atoms with Crippen molar-refractivity contribution in [2.45, 2.75) is 71.3 Å². The minimum absolute atomic E-state index is 0.711. The zero-order valence-electron chi connectivity index (χ0n) is 13.3. The van der Waals surface area contributed by atoms with Crippen LogP contribution in [0.2, 0.25) is 0 Å². The van der Waals surface area contributed by atoms with Gasteiger partial charge >= 0.3 is 0 Å². The van der Waals surface area contributed by atoms with Gasteiger partial charge in [-0.2, -0.15) is 0 Å². The van der Waals surface area contributed by atoms with Crippen LogP contribution in [0, 0.1) is 12.8 Å². The van der Waals surface area contributed by atoms with Crippen molar-refractivity contribution < 1.29 is 0 Å². The normalized spacial score (nSPS) is 18.1. The maximum Gasteiger partial charge on any atom is 0.00727 e. The summed E-state index contributed by atoms with van der Waals surface area (Å²) < 4.78 is 0. The van der Waals surface area contributed by atoms with Crippen LogP contribution in [0.4, 0.5) is 0 Å². The first kappa shape index (κ1) is 15.6. The van der Waals surface area contributed by atoms with Crippen molar-refractivity contribution >= 4 is 0 Å². The molecule has 1 atom stereocenters. The van der Waals surface area contributed by atoms with E-state index in [-0.39, 0.29) is 0 Å². The van der Waals surface area contributed by atoms with Gasteiger partial charge in [0.15, 0.2) is 0 Å². The second-order valence-corrected chi connectivity index (χ2v) is 6.46. The molecule has 1 fully saturated rings. The van der Waals surface area contributed by atoms with Crippen LogP contribution in [0.5, 0.6) is 0 Å². The highest BCUT2D eigenvalue weighted by Crippen LogP contribution is 2.28. The first-order chi connectivity index (χ1) is 9.79. The summed E-state index contributed by atoms with van der Waals surface area (Å²) in [5, 5.41) is 3.72. The van der Waals surface area contributed by atoms with E-state index in [9.17, 15) is 0 Å². The van der Waals surface area contributed by atoms with E-state index in [2.05, 4.69) is 43.4 Å². The molecule has 0 amide bonds. The summed E-state index contributed by atoms with van der Waals surface area (Å²) in [4.78, 5) is 0. The molecule has 0 spiro atoms. The number of hydrogen-bond donors (Lipinski definition) is 1. The molecule has 1 unspecified atom stereocenters. The molecular weight excluding hydrogens is 242 g/mol. The number of hydrogen-bond acceptors (Lipinski definition) is 1. The SMILES string of the molecule is CCNC(CCc1ccccc1C)CC1CCCCC1. The van der Waals surface area contributed by atoms with Crippen molar-refractivity contribution in [2.75, 3.05) is 6.54 Å². The van der Waals surface area contributed by atoms with E-state index in [0.717, 1.165) is 12.5 Å². The number of benzene rings is 1. The Morgan fingerprint density at radius 3 is 2.60 bits per heavy atom. The van der Waals surface area contributed by atoms with Gasteiger partial charge in [0.05, 0.1) is 0 Å². The molecule has 1 heteroatoms. The predicted molar refractivity (Wildman–Crippen MR) is 88.2 cm³/mol. The highest BCUT2D eigenvalue weighted by molar-refractivity contribution is 5.25. The Hall–Kier alpha value is -0.820. The van der Waals surface area contributed by atoms with Crippen LogP contribution in [0.25, 0.3) is 0 Å². The minimum Gasteiger partial charge on any atom is -0.314 e. The second kappa shape index (κ2) is 8.46. The van der Waals surface area contributed by atoms with E-state index in [1.807, 2.05) is 0 Å². The zero-order valence-corrected chi connectivity index (χ0v) is 13.3. The molecule has 1 aromatic rings. The largest absolute Gasteiger partial charge is 0.314 e. The van der Waals surface area contributed by atoms with Gasteiger partial charge in [-0.05, 0) is 49.8 Å². The van der Waals surface area contributed by atoms with Gasteiger partial charge < -0.3 is 5.32 Å². The Kier molecular flexibility index (Phi) is 6.59. The summed E-state index contributed by atoms with van der Waals surface area (Å²) in [5.74, 6) is 0.977. The average Bonchev–Trinajstić information content (AvgIpc) is 2.47. The van der Waals surface area contributed by atoms with Gasteiger partial charge in [0, 0.05) is 6.04 Å².